The molecular formula is C13H16F2N4O. The first-order chi connectivity index (χ1) is 9.56. The number of halogens is 2. The minimum absolute atomic E-state index is 0.0460. The third-order valence-corrected chi connectivity index (χ3v) is 2.49. The van der Waals surface area contributed by atoms with Crippen LogP contribution in [0.1, 0.15) is 19.7 Å². The standard InChI is InChI=1S/C13H16F2N4O/c1-8(2)6-16-7-11-18-19-13(20-11)17-12-9(14)4-3-5-10(12)15/h3-5,8,16H,6-7H2,1-2H3,(H,17,19). The van der Waals surface area contributed by atoms with E-state index in [2.05, 4.69) is 34.7 Å². The SMILES string of the molecule is CC(C)CNCc1nnc(Nc2c(F)cccc2F)o1. The Morgan fingerprint density at radius 2 is 1.90 bits per heavy atom. The number of hydrogen-bond acceptors (Lipinski definition) is 5. The van der Waals surface area contributed by atoms with Gasteiger partial charge in [-0.3, -0.25) is 0 Å². The molecule has 108 valence electrons. The van der Waals surface area contributed by atoms with Crippen LogP contribution in [0.15, 0.2) is 22.6 Å². The Balaban J connectivity index is 1.99. The van der Waals surface area contributed by atoms with Crippen LogP contribution in [0.5, 0.6) is 0 Å². The van der Waals surface area contributed by atoms with Crippen molar-refractivity contribution in [3.8, 4) is 0 Å². The summed E-state index contributed by atoms with van der Waals surface area (Å²) in [6.45, 7) is 5.38. The molecular weight excluding hydrogens is 266 g/mol. The zero-order valence-electron chi connectivity index (χ0n) is 11.3. The first-order valence-electron chi connectivity index (χ1n) is 6.30. The van der Waals surface area contributed by atoms with Crippen molar-refractivity contribution in [2.45, 2.75) is 20.4 Å². The van der Waals surface area contributed by atoms with Crippen molar-refractivity contribution in [3.63, 3.8) is 0 Å². The summed E-state index contributed by atoms with van der Waals surface area (Å²) in [5.74, 6) is -0.585. The van der Waals surface area contributed by atoms with Crippen molar-refractivity contribution in [2.24, 2.45) is 5.92 Å². The van der Waals surface area contributed by atoms with E-state index in [9.17, 15) is 8.78 Å². The second kappa shape index (κ2) is 6.42. The van der Waals surface area contributed by atoms with Crippen molar-refractivity contribution in [1.29, 1.82) is 0 Å². The molecule has 2 N–H and O–H groups in total. The van der Waals surface area contributed by atoms with Gasteiger partial charge in [-0.05, 0) is 24.6 Å². The molecule has 0 saturated heterocycles. The van der Waals surface area contributed by atoms with Crippen LogP contribution in [0.3, 0.4) is 0 Å². The van der Waals surface area contributed by atoms with Gasteiger partial charge in [0.2, 0.25) is 5.89 Å². The molecule has 20 heavy (non-hydrogen) atoms. The summed E-state index contributed by atoms with van der Waals surface area (Å²) in [4.78, 5) is 0. The van der Waals surface area contributed by atoms with Crippen LogP contribution in [-0.2, 0) is 6.54 Å². The van der Waals surface area contributed by atoms with Gasteiger partial charge in [0.25, 0.3) is 0 Å². The average Bonchev–Trinajstić information content (AvgIpc) is 2.81. The Bertz CT molecular complexity index is 551. The van der Waals surface area contributed by atoms with Gasteiger partial charge < -0.3 is 15.1 Å². The molecule has 5 nitrogen and oxygen atoms in total. The van der Waals surface area contributed by atoms with Gasteiger partial charge in [0.1, 0.15) is 17.3 Å². The molecule has 0 bridgehead atoms. The Morgan fingerprint density at radius 3 is 2.55 bits per heavy atom. The fraction of sp³-hybridized carbons (Fsp3) is 0.385. The quantitative estimate of drug-likeness (QED) is 0.853. The summed E-state index contributed by atoms with van der Waals surface area (Å²) in [6, 6.07) is 3.53. The number of nitrogens with zero attached hydrogens (tertiary/aromatic N) is 2. The minimum atomic E-state index is -0.720. The topological polar surface area (TPSA) is 63.0 Å². The molecule has 0 atom stereocenters. The second-order valence-corrected chi connectivity index (χ2v) is 4.75. The highest BCUT2D eigenvalue weighted by Crippen LogP contribution is 2.22. The summed E-state index contributed by atoms with van der Waals surface area (Å²) in [6.07, 6.45) is 0. The lowest BCUT2D eigenvalue weighted by atomic mass is 10.2. The molecule has 1 heterocycles. The van der Waals surface area contributed by atoms with E-state index in [1.54, 1.807) is 0 Å². The van der Waals surface area contributed by atoms with E-state index in [1.165, 1.54) is 6.07 Å². The highest BCUT2D eigenvalue weighted by molar-refractivity contribution is 5.53. The normalized spacial score (nSPS) is 11.1. The molecule has 0 aliphatic rings. The zero-order valence-corrected chi connectivity index (χ0v) is 11.3. The Hall–Kier alpha value is -2.02. The lowest BCUT2D eigenvalue weighted by Gasteiger charge is -2.04. The van der Waals surface area contributed by atoms with Crippen LogP contribution >= 0.6 is 0 Å². The molecule has 0 amide bonds. The first-order valence-corrected chi connectivity index (χ1v) is 6.30. The maximum absolute atomic E-state index is 13.4. The van der Waals surface area contributed by atoms with Gasteiger partial charge >= 0.3 is 6.01 Å². The molecule has 0 fully saturated rings. The van der Waals surface area contributed by atoms with Crippen LogP contribution in [0, 0.1) is 17.6 Å². The van der Waals surface area contributed by atoms with Crippen molar-refractivity contribution in [2.75, 3.05) is 11.9 Å². The van der Waals surface area contributed by atoms with Crippen molar-refractivity contribution in [1.82, 2.24) is 15.5 Å². The summed E-state index contributed by atoms with van der Waals surface area (Å²) in [5.41, 5.74) is -0.308. The van der Waals surface area contributed by atoms with E-state index >= 15 is 0 Å². The molecule has 1 aromatic heterocycles. The molecule has 0 unspecified atom stereocenters. The van der Waals surface area contributed by atoms with E-state index in [4.69, 9.17) is 4.42 Å². The lowest BCUT2D eigenvalue weighted by molar-refractivity contribution is 0.459. The molecule has 0 saturated carbocycles. The number of aromatic nitrogens is 2. The molecule has 2 aromatic rings. The summed E-state index contributed by atoms with van der Waals surface area (Å²) in [7, 11) is 0. The number of rotatable bonds is 6. The van der Waals surface area contributed by atoms with Gasteiger partial charge in [-0.1, -0.05) is 25.0 Å². The van der Waals surface area contributed by atoms with Gasteiger partial charge in [0.05, 0.1) is 6.54 Å². The maximum Gasteiger partial charge on any atom is 0.320 e. The number of nitrogens with one attached hydrogen (secondary N) is 2. The van der Waals surface area contributed by atoms with Crippen LogP contribution in [0.2, 0.25) is 0 Å². The third kappa shape index (κ3) is 3.74. The highest BCUT2D eigenvalue weighted by atomic mass is 19.1. The molecule has 0 radical (unpaired) electrons. The monoisotopic (exact) mass is 282 g/mol. The lowest BCUT2D eigenvalue weighted by Crippen LogP contribution is -2.19. The van der Waals surface area contributed by atoms with Gasteiger partial charge in [-0.2, -0.15) is 0 Å². The molecule has 0 spiro atoms. The van der Waals surface area contributed by atoms with E-state index in [0.717, 1.165) is 18.7 Å². The fourth-order valence-corrected chi connectivity index (χ4v) is 1.57. The van der Waals surface area contributed by atoms with E-state index in [1.807, 2.05) is 0 Å². The minimum Gasteiger partial charge on any atom is -0.406 e. The maximum atomic E-state index is 13.4. The van der Waals surface area contributed by atoms with Gasteiger partial charge in [-0.15, -0.1) is 5.10 Å². The number of anilines is 2. The highest BCUT2D eigenvalue weighted by Gasteiger charge is 2.12. The third-order valence-electron chi connectivity index (χ3n) is 2.49. The van der Waals surface area contributed by atoms with E-state index in [-0.39, 0.29) is 11.7 Å². The van der Waals surface area contributed by atoms with Gasteiger partial charge in [-0.25, -0.2) is 8.78 Å². The van der Waals surface area contributed by atoms with Gasteiger partial charge in [0, 0.05) is 0 Å². The number of benzene rings is 1. The summed E-state index contributed by atoms with van der Waals surface area (Å²) < 4.78 is 32.1. The largest absolute Gasteiger partial charge is 0.406 e. The molecule has 7 heteroatoms. The predicted octanol–water partition coefficient (Wildman–Crippen LogP) is 2.84. The average molecular weight is 282 g/mol. The molecule has 0 aliphatic carbocycles. The second-order valence-electron chi connectivity index (χ2n) is 4.75. The Labute approximate surface area is 115 Å². The van der Waals surface area contributed by atoms with Crippen molar-refractivity contribution in [3.05, 3.63) is 35.7 Å². The molecule has 1 aromatic carbocycles. The zero-order chi connectivity index (χ0) is 14.5. The van der Waals surface area contributed by atoms with E-state index in [0.29, 0.717) is 18.4 Å². The van der Waals surface area contributed by atoms with Crippen LogP contribution in [-0.4, -0.2) is 16.7 Å². The van der Waals surface area contributed by atoms with Crippen LogP contribution in [0.25, 0.3) is 0 Å². The predicted molar refractivity (Wildman–Crippen MR) is 70.5 cm³/mol. The number of para-hydroxylation sites is 1. The Morgan fingerprint density at radius 1 is 1.20 bits per heavy atom. The van der Waals surface area contributed by atoms with Crippen molar-refractivity contribution >= 4 is 11.7 Å². The van der Waals surface area contributed by atoms with Gasteiger partial charge in [0.15, 0.2) is 0 Å². The van der Waals surface area contributed by atoms with E-state index < -0.39 is 11.6 Å². The van der Waals surface area contributed by atoms with Crippen LogP contribution in [0.4, 0.5) is 20.5 Å². The molecule has 2 rings (SSSR count). The Kier molecular flexibility index (Phi) is 4.62. The van der Waals surface area contributed by atoms with Crippen molar-refractivity contribution < 1.29 is 13.2 Å². The number of hydrogen-bond donors (Lipinski definition) is 2. The van der Waals surface area contributed by atoms with Crippen LogP contribution < -0.4 is 10.6 Å². The summed E-state index contributed by atoms with van der Waals surface area (Å²) in [5, 5.41) is 13.0. The first kappa shape index (κ1) is 14.4. The summed E-state index contributed by atoms with van der Waals surface area (Å²) >= 11 is 0. The molecule has 0 aliphatic heterocycles. The smallest absolute Gasteiger partial charge is 0.320 e. The fourth-order valence-electron chi connectivity index (χ4n) is 1.57.